The lowest BCUT2D eigenvalue weighted by molar-refractivity contribution is -0.121. The van der Waals surface area contributed by atoms with Crippen molar-refractivity contribution in [1.82, 2.24) is 4.98 Å². The van der Waals surface area contributed by atoms with Crippen molar-refractivity contribution in [3.05, 3.63) is 18.3 Å². The molecule has 3 N–H and O–H groups in total. The molecule has 1 fully saturated rings. The van der Waals surface area contributed by atoms with Crippen molar-refractivity contribution in [1.29, 1.82) is 0 Å². The monoisotopic (exact) mass is 263 g/mol. The van der Waals surface area contributed by atoms with Gasteiger partial charge in [0, 0.05) is 6.20 Å². The minimum Gasteiger partial charge on any atom is -0.473 e. The summed E-state index contributed by atoms with van der Waals surface area (Å²) in [4.78, 5) is 16.4. The van der Waals surface area contributed by atoms with Gasteiger partial charge in [-0.25, -0.2) is 4.98 Å². The zero-order chi connectivity index (χ0) is 13.9. The number of rotatable bonds is 4. The Hall–Kier alpha value is -1.62. The molecule has 1 aromatic rings. The molecule has 0 saturated heterocycles. The van der Waals surface area contributed by atoms with E-state index in [1.165, 1.54) is 0 Å². The number of anilines is 1. The van der Waals surface area contributed by atoms with Gasteiger partial charge in [0.25, 0.3) is 0 Å². The maximum Gasteiger partial charge on any atom is 0.244 e. The minimum atomic E-state index is -0.745. The Labute approximate surface area is 113 Å². The minimum absolute atomic E-state index is 0.00358. The number of aromatic nitrogens is 1. The lowest BCUT2D eigenvalue weighted by Gasteiger charge is -2.23. The van der Waals surface area contributed by atoms with Crippen LogP contribution in [0, 0.1) is 0 Å². The van der Waals surface area contributed by atoms with Crippen LogP contribution in [0.3, 0.4) is 0 Å². The highest BCUT2D eigenvalue weighted by Gasteiger charge is 2.37. The third-order valence-electron chi connectivity index (χ3n) is 3.31. The molecular formula is C14H21N3O2. The van der Waals surface area contributed by atoms with E-state index in [9.17, 15) is 4.79 Å². The summed E-state index contributed by atoms with van der Waals surface area (Å²) in [5, 5.41) is 2.85. The van der Waals surface area contributed by atoms with Crippen LogP contribution in [0.25, 0.3) is 0 Å². The Bertz CT molecular complexity index is 454. The van der Waals surface area contributed by atoms with Gasteiger partial charge in [0.1, 0.15) is 5.69 Å². The third-order valence-corrected chi connectivity index (χ3v) is 3.31. The zero-order valence-electron chi connectivity index (χ0n) is 11.5. The van der Waals surface area contributed by atoms with Crippen LogP contribution in [0.5, 0.6) is 5.88 Å². The first-order valence-electron chi connectivity index (χ1n) is 6.73. The van der Waals surface area contributed by atoms with Crippen molar-refractivity contribution in [2.45, 2.75) is 51.2 Å². The van der Waals surface area contributed by atoms with Gasteiger partial charge in [0.05, 0.1) is 11.6 Å². The normalized spacial score (nSPS) is 17.5. The van der Waals surface area contributed by atoms with Crippen LogP contribution in [0.15, 0.2) is 18.3 Å². The Balaban J connectivity index is 2.12. The summed E-state index contributed by atoms with van der Waals surface area (Å²) in [6.07, 6.45) is 5.13. The maximum absolute atomic E-state index is 12.3. The fraction of sp³-hybridized carbons (Fsp3) is 0.571. The van der Waals surface area contributed by atoms with Gasteiger partial charge in [-0.3, -0.25) is 4.79 Å². The van der Waals surface area contributed by atoms with Crippen LogP contribution in [-0.2, 0) is 4.79 Å². The molecule has 0 aliphatic heterocycles. The summed E-state index contributed by atoms with van der Waals surface area (Å²) in [7, 11) is 0. The smallest absolute Gasteiger partial charge is 0.244 e. The predicted octanol–water partition coefficient (Wildman–Crippen LogP) is 2.08. The number of pyridine rings is 1. The van der Waals surface area contributed by atoms with E-state index in [1.54, 1.807) is 18.3 Å². The Morgan fingerprint density at radius 1 is 1.47 bits per heavy atom. The standard InChI is InChI=1S/C14H21N3O2/c1-10(2)19-12-11(6-5-9-16-12)17-13(18)14(15)7-3-4-8-14/h5-6,9-10H,3-4,7-8,15H2,1-2H3,(H,17,18). The highest BCUT2D eigenvalue weighted by molar-refractivity contribution is 5.98. The average molecular weight is 263 g/mol. The molecule has 1 aliphatic rings. The number of amides is 1. The van der Waals surface area contributed by atoms with Gasteiger partial charge in [0.15, 0.2) is 0 Å². The fourth-order valence-electron chi connectivity index (χ4n) is 2.28. The molecule has 19 heavy (non-hydrogen) atoms. The summed E-state index contributed by atoms with van der Waals surface area (Å²) >= 11 is 0. The van der Waals surface area contributed by atoms with Crippen molar-refractivity contribution in [2.75, 3.05) is 5.32 Å². The number of ether oxygens (including phenoxy) is 1. The first-order valence-corrected chi connectivity index (χ1v) is 6.73. The lowest BCUT2D eigenvalue weighted by atomic mass is 9.98. The van der Waals surface area contributed by atoms with Gasteiger partial charge < -0.3 is 15.8 Å². The maximum atomic E-state index is 12.3. The molecule has 0 aromatic carbocycles. The summed E-state index contributed by atoms with van der Waals surface area (Å²) < 4.78 is 5.58. The number of hydrogen-bond donors (Lipinski definition) is 2. The molecule has 5 nitrogen and oxygen atoms in total. The molecule has 0 radical (unpaired) electrons. The van der Waals surface area contributed by atoms with Crippen LogP contribution in [0.2, 0.25) is 0 Å². The second-order valence-corrected chi connectivity index (χ2v) is 5.34. The van der Waals surface area contributed by atoms with Crippen molar-refractivity contribution in [2.24, 2.45) is 5.73 Å². The highest BCUT2D eigenvalue weighted by Crippen LogP contribution is 2.30. The quantitative estimate of drug-likeness (QED) is 0.872. The lowest BCUT2D eigenvalue weighted by Crippen LogP contribution is -2.48. The number of hydrogen-bond acceptors (Lipinski definition) is 4. The van der Waals surface area contributed by atoms with E-state index in [0.717, 1.165) is 25.7 Å². The molecule has 1 heterocycles. The van der Waals surface area contributed by atoms with Crippen LogP contribution in [0.4, 0.5) is 5.69 Å². The number of carbonyl (C=O) groups is 1. The van der Waals surface area contributed by atoms with E-state index in [2.05, 4.69) is 10.3 Å². The summed E-state index contributed by atoms with van der Waals surface area (Å²) in [6.45, 7) is 3.84. The largest absolute Gasteiger partial charge is 0.473 e. The van der Waals surface area contributed by atoms with Crippen molar-refractivity contribution in [3.63, 3.8) is 0 Å². The van der Waals surface area contributed by atoms with Crippen LogP contribution >= 0.6 is 0 Å². The Kier molecular flexibility index (Phi) is 4.04. The summed E-state index contributed by atoms with van der Waals surface area (Å²) in [5.41, 5.74) is 5.96. The molecule has 0 bridgehead atoms. The first-order chi connectivity index (χ1) is 9.01. The van der Waals surface area contributed by atoms with Crippen LogP contribution in [0.1, 0.15) is 39.5 Å². The van der Waals surface area contributed by atoms with E-state index < -0.39 is 5.54 Å². The van der Waals surface area contributed by atoms with Crippen molar-refractivity contribution in [3.8, 4) is 5.88 Å². The highest BCUT2D eigenvalue weighted by atomic mass is 16.5. The van der Waals surface area contributed by atoms with E-state index >= 15 is 0 Å². The number of carbonyl (C=O) groups excluding carboxylic acids is 1. The van der Waals surface area contributed by atoms with Gasteiger partial charge in [-0.15, -0.1) is 0 Å². The molecular weight excluding hydrogens is 242 g/mol. The molecule has 0 atom stereocenters. The average Bonchev–Trinajstić information content (AvgIpc) is 2.79. The molecule has 1 amide bonds. The van der Waals surface area contributed by atoms with Crippen molar-refractivity contribution < 1.29 is 9.53 Å². The molecule has 104 valence electrons. The number of nitrogens with zero attached hydrogens (tertiary/aromatic N) is 1. The predicted molar refractivity (Wildman–Crippen MR) is 74.0 cm³/mol. The van der Waals surface area contributed by atoms with Crippen LogP contribution < -0.4 is 15.8 Å². The van der Waals surface area contributed by atoms with E-state index in [4.69, 9.17) is 10.5 Å². The molecule has 1 aliphatic carbocycles. The van der Waals surface area contributed by atoms with Gasteiger partial charge in [-0.1, -0.05) is 12.8 Å². The van der Waals surface area contributed by atoms with E-state index in [1.807, 2.05) is 13.8 Å². The number of nitrogens with one attached hydrogen (secondary N) is 1. The van der Waals surface area contributed by atoms with Gasteiger partial charge in [-0.2, -0.15) is 0 Å². The number of nitrogens with two attached hydrogens (primary N) is 1. The third kappa shape index (κ3) is 3.23. The Morgan fingerprint density at radius 2 is 2.16 bits per heavy atom. The molecule has 1 aromatic heterocycles. The molecule has 1 saturated carbocycles. The van der Waals surface area contributed by atoms with Gasteiger partial charge in [-0.05, 0) is 38.8 Å². The topological polar surface area (TPSA) is 77.2 Å². The molecule has 0 spiro atoms. The fourth-order valence-corrected chi connectivity index (χ4v) is 2.28. The zero-order valence-corrected chi connectivity index (χ0v) is 11.5. The molecule has 5 heteroatoms. The molecule has 0 unspecified atom stereocenters. The summed E-state index contributed by atoms with van der Waals surface area (Å²) in [6, 6.07) is 3.54. The van der Waals surface area contributed by atoms with Crippen LogP contribution in [-0.4, -0.2) is 22.5 Å². The van der Waals surface area contributed by atoms with Crippen molar-refractivity contribution >= 4 is 11.6 Å². The molecule has 2 rings (SSSR count). The summed E-state index contributed by atoms with van der Waals surface area (Å²) in [5.74, 6) is 0.291. The van der Waals surface area contributed by atoms with E-state index in [-0.39, 0.29) is 12.0 Å². The Morgan fingerprint density at radius 3 is 2.79 bits per heavy atom. The SMILES string of the molecule is CC(C)Oc1ncccc1NC(=O)C1(N)CCCC1. The van der Waals surface area contributed by atoms with Gasteiger partial charge in [0.2, 0.25) is 11.8 Å². The first kappa shape index (κ1) is 13.8. The van der Waals surface area contributed by atoms with E-state index in [0.29, 0.717) is 11.6 Å². The second-order valence-electron chi connectivity index (χ2n) is 5.34. The second kappa shape index (κ2) is 5.57. The van der Waals surface area contributed by atoms with Gasteiger partial charge >= 0.3 is 0 Å².